The standard InChI is InChI=1S/C19H23ClO4/c1-13-8-4-5-9-14(13)16-17(22)24-19(10-6-3-7-11-19)18(16,2)23-15(21)12-20/h4-5,8-9,16H,3,6-7,10-12H2,1-2H3. The Bertz CT molecular complexity index is 651. The molecule has 1 heterocycles. The Labute approximate surface area is 147 Å². The van der Waals surface area contributed by atoms with Crippen LogP contribution in [-0.2, 0) is 19.1 Å². The highest BCUT2D eigenvalue weighted by molar-refractivity contribution is 6.26. The zero-order valence-electron chi connectivity index (χ0n) is 14.1. The maximum absolute atomic E-state index is 12.8. The average molecular weight is 351 g/mol. The van der Waals surface area contributed by atoms with E-state index in [-0.39, 0.29) is 11.8 Å². The maximum atomic E-state index is 12.8. The molecular formula is C19H23ClO4. The van der Waals surface area contributed by atoms with Crippen LogP contribution in [0.25, 0.3) is 0 Å². The van der Waals surface area contributed by atoms with Gasteiger partial charge in [-0.15, -0.1) is 11.6 Å². The number of carbonyl (C=O) groups excluding carboxylic acids is 2. The molecular weight excluding hydrogens is 328 g/mol. The van der Waals surface area contributed by atoms with E-state index in [0.29, 0.717) is 12.8 Å². The van der Waals surface area contributed by atoms with Gasteiger partial charge in [-0.1, -0.05) is 30.7 Å². The second-order valence-electron chi connectivity index (χ2n) is 6.98. The van der Waals surface area contributed by atoms with Gasteiger partial charge in [-0.05, 0) is 50.7 Å². The number of rotatable bonds is 3. The van der Waals surface area contributed by atoms with Gasteiger partial charge < -0.3 is 9.47 Å². The molecule has 0 N–H and O–H groups in total. The fourth-order valence-electron chi connectivity index (χ4n) is 4.31. The Kier molecular flexibility index (Phi) is 4.60. The van der Waals surface area contributed by atoms with E-state index in [4.69, 9.17) is 21.1 Å². The van der Waals surface area contributed by atoms with Gasteiger partial charge in [0.1, 0.15) is 11.8 Å². The molecule has 0 aromatic heterocycles. The summed E-state index contributed by atoms with van der Waals surface area (Å²) >= 11 is 5.68. The number of ether oxygens (including phenoxy) is 2. The van der Waals surface area contributed by atoms with Crippen LogP contribution in [0.4, 0.5) is 0 Å². The maximum Gasteiger partial charge on any atom is 0.321 e. The SMILES string of the molecule is Cc1ccccc1C1C(=O)OC2(CCCCC2)C1(C)OC(=O)CCl. The van der Waals surface area contributed by atoms with Crippen LogP contribution >= 0.6 is 11.6 Å². The Balaban J connectivity index is 2.10. The first-order chi connectivity index (χ1) is 11.4. The van der Waals surface area contributed by atoms with Crippen LogP contribution in [0.3, 0.4) is 0 Å². The van der Waals surface area contributed by atoms with E-state index in [1.54, 1.807) is 0 Å². The average Bonchev–Trinajstić information content (AvgIpc) is 2.76. The number of halogens is 1. The lowest BCUT2D eigenvalue weighted by Crippen LogP contribution is -2.55. The third kappa shape index (κ3) is 2.61. The summed E-state index contributed by atoms with van der Waals surface area (Å²) in [5, 5.41) is 0. The number of aryl methyl sites for hydroxylation is 1. The van der Waals surface area contributed by atoms with Crippen LogP contribution in [-0.4, -0.2) is 29.0 Å². The molecule has 3 rings (SSSR count). The van der Waals surface area contributed by atoms with Crippen LogP contribution in [0.5, 0.6) is 0 Å². The van der Waals surface area contributed by atoms with Gasteiger partial charge in [-0.25, -0.2) is 0 Å². The van der Waals surface area contributed by atoms with Crippen molar-refractivity contribution in [3.63, 3.8) is 0 Å². The van der Waals surface area contributed by atoms with Crippen LogP contribution in [0.2, 0.25) is 0 Å². The highest BCUT2D eigenvalue weighted by Gasteiger charge is 2.67. The molecule has 1 aromatic carbocycles. The van der Waals surface area contributed by atoms with Crippen molar-refractivity contribution in [2.24, 2.45) is 0 Å². The number of hydrogen-bond donors (Lipinski definition) is 0. The van der Waals surface area contributed by atoms with Crippen LogP contribution in [0, 0.1) is 6.92 Å². The van der Waals surface area contributed by atoms with Gasteiger partial charge in [-0.3, -0.25) is 9.59 Å². The second kappa shape index (κ2) is 6.40. The Morgan fingerprint density at radius 1 is 1.29 bits per heavy atom. The minimum absolute atomic E-state index is 0.236. The molecule has 1 aromatic rings. The zero-order chi connectivity index (χ0) is 17.4. The monoisotopic (exact) mass is 350 g/mol. The van der Waals surface area contributed by atoms with Gasteiger partial charge in [0.05, 0.1) is 0 Å². The van der Waals surface area contributed by atoms with Gasteiger partial charge in [0.2, 0.25) is 0 Å². The minimum Gasteiger partial charge on any atom is -0.454 e. The molecule has 2 aliphatic rings. The molecule has 5 heteroatoms. The fourth-order valence-corrected chi connectivity index (χ4v) is 4.37. The van der Waals surface area contributed by atoms with Crippen molar-refractivity contribution in [2.45, 2.75) is 63.1 Å². The van der Waals surface area contributed by atoms with E-state index < -0.39 is 23.1 Å². The van der Waals surface area contributed by atoms with Gasteiger partial charge >= 0.3 is 11.9 Å². The first-order valence-electron chi connectivity index (χ1n) is 8.50. The van der Waals surface area contributed by atoms with Gasteiger partial charge in [-0.2, -0.15) is 0 Å². The third-order valence-corrected chi connectivity index (χ3v) is 5.80. The Morgan fingerprint density at radius 2 is 1.96 bits per heavy atom. The number of hydrogen-bond acceptors (Lipinski definition) is 4. The summed E-state index contributed by atoms with van der Waals surface area (Å²) in [6, 6.07) is 7.69. The largest absolute Gasteiger partial charge is 0.454 e. The summed E-state index contributed by atoms with van der Waals surface area (Å²) in [7, 11) is 0. The molecule has 1 aliphatic heterocycles. The van der Waals surface area contributed by atoms with Crippen molar-refractivity contribution < 1.29 is 19.1 Å². The molecule has 24 heavy (non-hydrogen) atoms. The molecule has 2 atom stereocenters. The van der Waals surface area contributed by atoms with Crippen molar-refractivity contribution in [1.82, 2.24) is 0 Å². The number of alkyl halides is 1. The minimum atomic E-state index is -1.04. The fraction of sp³-hybridized carbons (Fsp3) is 0.579. The number of benzene rings is 1. The smallest absolute Gasteiger partial charge is 0.321 e. The van der Waals surface area contributed by atoms with E-state index in [1.165, 1.54) is 0 Å². The van der Waals surface area contributed by atoms with Crippen molar-refractivity contribution in [3.8, 4) is 0 Å². The van der Waals surface area contributed by atoms with E-state index in [1.807, 2.05) is 38.1 Å². The van der Waals surface area contributed by atoms with Gasteiger partial charge in [0.25, 0.3) is 0 Å². The normalized spacial score (nSPS) is 28.6. The van der Waals surface area contributed by atoms with Gasteiger partial charge in [0.15, 0.2) is 11.2 Å². The Hall–Kier alpha value is -1.55. The highest BCUT2D eigenvalue weighted by atomic mass is 35.5. The first-order valence-corrected chi connectivity index (χ1v) is 9.03. The molecule has 1 saturated carbocycles. The molecule has 0 bridgehead atoms. The van der Waals surface area contributed by atoms with Crippen LogP contribution < -0.4 is 0 Å². The van der Waals surface area contributed by atoms with Crippen molar-refractivity contribution in [1.29, 1.82) is 0 Å². The molecule has 0 amide bonds. The molecule has 1 saturated heterocycles. The Morgan fingerprint density at radius 3 is 2.58 bits per heavy atom. The molecule has 1 aliphatic carbocycles. The lowest BCUT2D eigenvalue weighted by atomic mass is 9.68. The van der Waals surface area contributed by atoms with E-state index in [0.717, 1.165) is 30.4 Å². The summed E-state index contributed by atoms with van der Waals surface area (Å²) in [5.41, 5.74) is 0.0508. The van der Waals surface area contributed by atoms with Crippen LogP contribution in [0.15, 0.2) is 24.3 Å². The summed E-state index contributed by atoms with van der Waals surface area (Å²) < 4.78 is 11.7. The van der Waals surface area contributed by atoms with E-state index in [9.17, 15) is 9.59 Å². The van der Waals surface area contributed by atoms with Gasteiger partial charge in [0, 0.05) is 0 Å². The predicted molar refractivity (Wildman–Crippen MR) is 91.0 cm³/mol. The zero-order valence-corrected chi connectivity index (χ0v) is 14.9. The molecule has 1 spiro atoms. The van der Waals surface area contributed by atoms with Crippen molar-refractivity contribution in [3.05, 3.63) is 35.4 Å². The topological polar surface area (TPSA) is 52.6 Å². The molecule has 0 radical (unpaired) electrons. The lowest BCUT2D eigenvalue weighted by Gasteiger charge is -2.44. The number of esters is 2. The second-order valence-corrected chi connectivity index (χ2v) is 7.25. The summed E-state index contributed by atoms with van der Waals surface area (Å²) in [6.45, 7) is 3.79. The first kappa shape index (κ1) is 17.3. The molecule has 4 nitrogen and oxygen atoms in total. The molecule has 130 valence electrons. The van der Waals surface area contributed by atoms with Crippen LogP contribution in [0.1, 0.15) is 56.1 Å². The quantitative estimate of drug-likeness (QED) is 0.613. The molecule has 2 unspecified atom stereocenters. The third-order valence-electron chi connectivity index (χ3n) is 5.58. The van der Waals surface area contributed by atoms with E-state index >= 15 is 0 Å². The van der Waals surface area contributed by atoms with E-state index in [2.05, 4.69) is 0 Å². The summed E-state index contributed by atoms with van der Waals surface area (Å²) in [4.78, 5) is 24.9. The number of carbonyl (C=O) groups is 2. The predicted octanol–water partition coefficient (Wildman–Crippen LogP) is 3.88. The van der Waals surface area contributed by atoms with Crippen molar-refractivity contribution in [2.75, 3.05) is 5.88 Å². The lowest BCUT2D eigenvalue weighted by molar-refractivity contribution is -0.186. The molecule has 2 fully saturated rings. The highest BCUT2D eigenvalue weighted by Crippen LogP contribution is 2.55. The summed E-state index contributed by atoms with van der Waals surface area (Å²) in [6.07, 6.45) is 4.46. The van der Waals surface area contributed by atoms with Crippen molar-refractivity contribution >= 4 is 23.5 Å². The summed E-state index contributed by atoms with van der Waals surface area (Å²) in [5.74, 6) is -1.68.